The molecule has 27 heavy (non-hydrogen) atoms. The maximum atomic E-state index is 2.70. The van der Waals surface area contributed by atoms with Crippen LogP contribution in [0.5, 0.6) is 0 Å². The average molecular weight is 412 g/mol. The molecule has 0 bridgehead atoms. The lowest BCUT2D eigenvalue weighted by Gasteiger charge is -2.33. The van der Waals surface area contributed by atoms with Crippen molar-refractivity contribution in [3.05, 3.63) is 36.0 Å². The molecule has 2 aromatic rings. The summed E-state index contributed by atoms with van der Waals surface area (Å²) in [6.45, 7) is 7.82. The normalized spacial score (nSPS) is 19.6. The lowest BCUT2D eigenvalue weighted by Crippen LogP contribution is -2.36. The second-order valence-corrected chi connectivity index (χ2v) is 8.08. The molecule has 0 amide bonds. The van der Waals surface area contributed by atoms with Gasteiger partial charge in [0.15, 0.2) is 0 Å². The molecule has 0 radical (unpaired) electrons. The van der Waals surface area contributed by atoms with Crippen LogP contribution in [-0.4, -0.2) is 53.6 Å². The van der Waals surface area contributed by atoms with Gasteiger partial charge in [0, 0.05) is 24.1 Å². The first-order valence-electron chi connectivity index (χ1n) is 10.3. The summed E-state index contributed by atoms with van der Waals surface area (Å²) in [6, 6.07) is 8.88. The van der Waals surface area contributed by atoms with Crippen LogP contribution in [0.2, 0.25) is 0 Å². The van der Waals surface area contributed by atoms with E-state index in [1.165, 1.54) is 88.7 Å². The van der Waals surface area contributed by atoms with Crippen LogP contribution in [0.1, 0.15) is 50.0 Å². The van der Waals surface area contributed by atoms with Gasteiger partial charge in [0.2, 0.25) is 0 Å². The first-order chi connectivity index (χ1) is 12.3. The fourth-order valence-electron chi connectivity index (χ4n) is 4.87. The third-order valence-electron chi connectivity index (χ3n) is 6.35. The minimum atomic E-state index is 0. The van der Waals surface area contributed by atoms with Crippen molar-refractivity contribution in [1.29, 1.82) is 0 Å². The minimum Gasteiger partial charge on any atom is -0.350 e. The molecule has 3 heterocycles. The van der Waals surface area contributed by atoms with Crippen LogP contribution in [0.4, 0.5) is 0 Å². The number of aryl methyl sites for hydroxylation is 1. The molecular formula is C22H35Cl2N3. The van der Waals surface area contributed by atoms with E-state index in [-0.39, 0.29) is 24.8 Å². The van der Waals surface area contributed by atoms with Crippen molar-refractivity contribution in [2.45, 2.75) is 44.4 Å². The number of hydrogen-bond donors (Lipinski definition) is 0. The highest BCUT2D eigenvalue weighted by atomic mass is 35.5. The zero-order valence-corrected chi connectivity index (χ0v) is 18.2. The predicted molar refractivity (Wildman–Crippen MR) is 121 cm³/mol. The quantitative estimate of drug-likeness (QED) is 0.679. The highest BCUT2D eigenvalue weighted by molar-refractivity contribution is 5.86. The van der Waals surface area contributed by atoms with Crippen LogP contribution < -0.4 is 0 Å². The summed E-state index contributed by atoms with van der Waals surface area (Å²) in [5, 5.41) is 1.47. The maximum Gasteiger partial charge on any atom is 0.0480 e. The van der Waals surface area contributed by atoms with E-state index in [1.807, 2.05) is 0 Å². The largest absolute Gasteiger partial charge is 0.350 e. The first-order valence-corrected chi connectivity index (χ1v) is 10.3. The van der Waals surface area contributed by atoms with Gasteiger partial charge in [0.25, 0.3) is 0 Å². The van der Waals surface area contributed by atoms with Crippen molar-refractivity contribution in [1.82, 2.24) is 14.4 Å². The van der Waals surface area contributed by atoms with Crippen LogP contribution in [-0.2, 0) is 7.05 Å². The van der Waals surface area contributed by atoms with Gasteiger partial charge in [0.1, 0.15) is 0 Å². The summed E-state index contributed by atoms with van der Waals surface area (Å²) in [6.07, 6.45) is 10.6. The molecule has 0 spiro atoms. The Balaban J connectivity index is 0.00000131. The number of para-hydroxylation sites is 1. The molecule has 5 heteroatoms. The monoisotopic (exact) mass is 411 g/mol. The van der Waals surface area contributed by atoms with Crippen LogP contribution in [0.25, 0.3) is 10.9 Å². The second kappa shape index (κ2) is 10.7. The Bertz CT molecular complexity index is 686. The zero-order chi connectivity index (χ0) is 17.1. The molecule has 0 unspecified atom stereocenters. The Morgan fingerprint density at radius 3 is 2.19 bits per heavy atom. The van der Waals surface area contributed by atoms with Gasteiger partial charge < -0.3 is 14.4 Å². The van der Waals surface area contributed by atoms with Gasteiger partial charge in [0.05, 0.1) is 0 Å². The SMILES string of the molecule is Cl.Cl.Cn1cc(C2CCN(CCCN3CCCCC3)CC2)c2ccccc21. The Hall–Kier alpha value is -0.740. The molecule has 2 fully saturated rings. The molecule has 3 nitrogen and oxygen atoms in total. The van der Waals surface area contributed by atoms with Crippen molar-refractivity contribution >= 4 is 35.7 Å². The average Bonchev–Trinajstić information content (AvgIpc) is 3.00. The molecule has 0 aliphatic carbocycles. The highest BCUT2D eigenvalue weighted by Gasteiger charge is 2.23. The van der Waals surface area contributed by atoms with E-state index in [1.54, 1.807) is 5.56 Å². The molecule has 0 saturated carbocycles. The molecule has 4 rings (SSSR count). The van der Waals surface area contributed by atoms with E-state index in [0.717, 1.165) is 5.92 Å². The van der Waals surface area contributed by atoms with Crippen molar-refractivity contribution in [2.24, 2.45) is 7.05 Å². The summed E-state index contributed by atoms with van der Waals surface area (Å²) >= 11 is 0. The van der Waals surface area contributed by atoms with Crippen LogP contribution in [0, 0.1) is 0 Å². The fraction of sp³-hybridized carbons (Fsp3) is 0.636. The van der Waals surface area contributed by atoms with E-state index in [9.17, 15) is 0 Å². The molecule has 2 saturated heterocycles. The Labute approximate surface area is 176 Å². The Morgan fingerprint density at radius 2 is 1.48 bits per heavy atom. The number of halogens is 2. The summed E-state index contributed by atoms with van der Waals surface area (Å²) < 4.78 is 2.30. The van der Waals surface area contributed by atoms with Gasteiger partial charge in [-0.15, -0.1) is 24.8 Å². The van der Waals surface area contributed by atoms with Gasteiger partial charge in [-0.2, -0.15) is 0 Å². The minimum absolute atomic E-state index is 0. The molecular weight excluding hydrogens is 377 g/mol. The number of likely N-dealkylation sites (tertiary alicyclic amines) is 2. The number of aromatic nitrogens is 1. The van der Waals surface area contributed by atoms with Crippen molar-refractivity contribution < 1.29 is 0 Å². The topological polar surface area (TPSA) is 11.4 Å². The summed E-state index contributed by atoms with van der Waals surface area (Å²) in [7, 11) is 2.18. The lowest BCUT2D eigenvalue weighted by molar-refractivity contribution is 0.181. The third-order valence-corrected chi connectivity index (χ3v) is 6.35. The second-order valence-electron chi connectivity index (χ2n) is 8.08. The molecule has 0 atom stereocenters. The van der Waals surface area contributed by atoms with E-state index < -0.39 is 0 Å². The molecule has 2 aliphatic rings. The zero-order valence-electron chi connectivity index (χ0n) is 16.6. The number of nitrogens with zero attached hydrogens (tertiary/aromatic N) is 3. The van der Waals surface area contributed by atoms with Crippen LogP contribution in [0.3, 0.4) is 0 Å². The fourth-order valence-corrected chi connectivity index (χ4v) is 4.87. The van der Waals surface area contributed by atoms with Crippen molar-refractivity contribution in [3.63, 3.8) is 0 Å². The number of hydrogen-bond acceptors (Lipinski definition) is 2. The smallest absolute Gasteiger partial charge is 0.0480 e. The molecule has 152 valence electrons. The maximum absolute atomic E-state index is 2.70. The molecule has 1 aromatic carbocycles. The summed E-state index contributed by atoms with van der Waals surface area (Å²) in [5.74, 6) is 0.740. The van der Waals surface area contributed by atoms with E-state index in [4.69, 9.17) is 0 Å². The van der Waals surface area contributed by atoms with Gasteiger partial charge >= 0.3 is 0 Å². The van der Waals surface area contributed by atoms with E-state index in [0.29, 0.717) is 0 Å². The van der Waals surface area contributed by atoms with Gasteiger partial charge in [-0.1, -0.05) is 24.6 Å². The number of rotatable bonds is 5. The van der Waals surface area contributed by atoms with Crippen molar-refractivity contribution in [3.8, 4) is 0 Å². The number of benzene rings is 1. The Kier molecular flexibility index (Phi) is 8.94. The standard InChI is InChI=1S/C22H33N3.2ClH/c1-23-18-21(20-8-3-4-9-22(20)23)19-10-16-25(17-11-19)15-7-14-24-12-5-2-6-13-24;;/h3-4,8-9,18-19H,2,5-7,10-17H2,1H3;2*1H. The Morgan fingerprint density at radius 1 is 0.852 bits per heavy atom. The summed E-state index contributed by atoms with van der Waals surface area (Å²) in [5.41, 5.74) is 2.95. The van der Waals surface area contributed by atoms with Gasteiger partial charge in [-0.25, -0.2) is 0 Å². The molecule has 2 aliphatic heterocycles. The van der Waals surface area contributed by atoms with E-state index in [2.05, 4.69) is 51.9 Å². The van der Waals surface area contributed by atoms with Gasteiger partial charge in [-0.3, -0.25) is 0 Å². The van der Waals surface area contributed by atoms with E-state index >= 15 is 0 Å². The van der Waals surface area contributed by atoms with Crippen LogP contribution in [0.15, 0.2) is 30.5 Å². The van der Waals surface area contributed by atoms with Gasteiger partial charge in [-0.05, 0) is 88.9 Å². The third kappa shape index (κ3) is 5.41. The first kappa shape index (κ1) is 22.5. The lowest BCUT2D eigenvalue weighted by atomic mass is 9.89. The predicted octanol–water partition coefficient (Wildman–Crippen LogP) is 5.08. The summed E-state index contributed by atoms with van der Waals surface area (Å²) in [4.78, 5) is 5.37. The highest BCUT2D eigenvalue weighted by Crippen LogP contribution is 2.34. The van der Waals surface area contributed by atoms with Crippen molar-refractivity contribution in [2.75, 3.05) is 39.3 Å². The number of piperidine rings is 2. The molecule has 1 aromatic heterocycles. The number of fused-ring (bicyclic) bond motifs is 1. The van der Waals surface area contributed by atoms with Crippen LogP contribution >= 0.6 is 24.8 Å². The molecule has 0 N–H and O–H groups in total.